The van der Waals surface area contributed by atoms with Gasteiger partial charge in [-0.05, 0) is 18.4 Å². The van der Waals surface area contributed by atoms with Gasteiger partial charge in [-0.15, -0.1) is 0 Å². The molecule has 2 amide bonds. The van der Waals surface area contributed by atoms with Crippen LogP contribution in [0, 0.1) is 0 Å². The molecule has 0 aromatic heterocycles. The maximum atomic E-state index is 12.8. The Hall–Kier alpha value is -2.18. The van der Waals surface area contributed by atoms with Gasteiger partial charge in [0.15, 0.2) is 0 Å². The second kappa shape index (κ2) is 9.67. The summed E-state index contributed by atoms with van der Waals surface area (Å²) in [5.74, 6) is -0.0240. The fourth-order valence-corrected chi connectivity index (χ4v) is 3.68. The van der Waals surface area contributed by atoms with Crippen molar-refractivity contribution < 1.29 is 14.3 Å². The van der Waals surface area contributed by atoms with Gasteiger partial charge in [0.05, 0.1) is 12.5 Å². The van der Waals surface area contributed by atoms with Crippen LogP contribution in [0.15, 0.2) is 36.4 Å². The minimum atomic E-state index is -0.408. The molecule has 0 saturated carbocycles. The lowest BCUT2D eigenvalue weighted by atomic mass is 10.0. The Bertz CT molecular complexity index is 656. The van der Waals surface area contributed by atoms with E-state index >= 15 is 0 Å². The lowest BCUT2D eigenvalue weighted by Crippen LogP contribution is -2.57. The number of amides is 2. The predicted molar refractivity (Wildman–Crippen MR) is 105 cm³/mol. The highest BCUT2D eigenvalue weighted by atomic mass is 16.5. The van der Waals surface area contributed by atoms with E-state index < -0.39 is 6.04 Å². The molecule has 2 heterocycles. The largest absolute Gasteiger partial charge is 0.381 e. The van der Waals surface area contributed by atoms with Crippen molar-refractivity contribution in [1.82, 2.24) is 15.1 Å². The van der Waals surface area contributed by atoms with Gasteiger partial charge in [-0.2, -0.15) is 0 Å². The van der Waals surface area contributed by atoms with E-state index in [-0.39, 0.29) is 24.3 Å². The van der Waals surface area contributed by atoms with Crippen LogP contribution >= 0.6 is 0 Å². The Morgan fingerprint density at radius 2 is 2.04 bits per heavy atom. The first-order valence-electron chi connectivity index (χ1n) is 9.72. The molecule has 0 radical (unpaired) electrons. The maximum Gasteiger partial charge on any atom is 0.237 e. The fourth-order valence-electron chi connectivity index (χ4n) is 3.68. The summed E-state index contributed by atoms with van der Waals surface area (Å²) in [5, 5.41) is 2.90. The Labute approximate surface area is 161 Å². The Balaban J connectivity index is 1.59. The molecule has 1 N–H and O–H groups in total. The normalized spacial score (nSPS) is 22.0. The Morgan fingerprint density at radius 3 is 2.78 bits per heavy atom. The van der Waals surface area contributed by atoms with Crippen molar-refractivity contribution in [3.63, 3.8) is 0 Å². The molecule has 27 heavy (non-hydrogen) atoms. The van der Waals surface area contributed by atoms with E-state index in [1.54, 1.807) is 0 Å². The zero-order valence-electron chi connectivity index (χ0n) is 16.0. The number of ether oxygens (including phenoxy) is 1. The monoisotopic (exact) mass is 371 g/mol. The number of rotatable bonds is 6. The van der Waals surface area contributed by atoms with Crippen molar-refractivity contribution in [2.45, 2.75) is 31.3 Å². The maximum absolute atomic E-state index is 12.8. The molecule has 2 aliphatic heterocycles. The summed E-state index contributed by atoms with van der Waals surface area (Å²) < 4.78 is 5.38. The molecule has 1 aromatic rings. The number of nitrogens with zero attached hydrogens (tertiary/aromatic N) is 2. The second-order valence-electron chi connectivity index (χ2n) is 7.17. The molecule has 2 aliphatic rings. The topological polar surface area (TPSA) is 61.9 Å². The summed E-state index contributed by atoms with van der Waals surface area (Å²) >= 11 is 0. The lowest BCUT2D eigenvalue weighted by Gasteiger charge is -2.36. The summed E-state index contributed by atoms with van der Waals surface area (Å²) in [4.78, 5) is 29.1. The third kappa shape index (κ3) is 5.40. The summed E-state index contributed by atoms with van der Waals surface area (Å²) in [5.41, 5.74) is 1.13. The average molecular weight is 371 g/mol. The van der Waals surface area contributed by atoms with Crippen LogP contribution in [0.5, 0.6) is 0 Å². The van der Waals surface area contributed by atoms with E-state index in [0.717, 1.165) is 24.9 Å². The highest BCUT2D eigenvalue weighted by molar-refractivity contribution is 5.89. The molecule has 2 saturated heterocycles. The minimum absolute atomic E-state index is 0.0287. The molecule has 0 spiro atoms. The highest BCUT2D eigenvalue weighted by Crippen LogP contribution is 2.17. The second-order valence-corrected chi connectivity index (χ2v) is 7.17. The van der Waals surface area contributed by atoms with E-state index in [4.69, 9.17) is 4.74 Å². The predicted octanol–water partition coefficient (Wildman–Crippen LogP) is 1.53. The zero-order chi connectivity index (χ0) is 19.1. The van der Waals surface area contributed by atoms with E-state index in [2.05, 4.69) is 22.4 Å². The van der Waals surface area contributed by atoms with Crippen molar-refractivity contribution in [2.75, 3.05) is 39.9 Å². The van der Waals surface area contributed by atoms with E-state index in [9.17, 15) is 9.59 Å². The van der Waals surface area contributed by atoms with Crippen molar-refractivity contribution >= 4 is 17.9 Å². The fraction of sp³-hybridized carbons (Fsp3) is 0.524. The molecule has 2 fully saturated rings. The first-order valence-corrected chi connectivity index (χ1v) is 9.72. The van der Waals surface area contributed by atoms with Crippen LogP contribution < -0.4 is 5.32 Å². The number of carbonyl (C=O) groups excluding carboxylic acids is 2. The van der Waals surface area contributed by atoms with Gasteiger partial charge in [-0.3, -0.25) is 14.5 Å². The SMILES string of the molecule is CN(C(=O)C[C@@H]1C(=O)NCCN1C/C=C/c1ccccc1)C1CCOCC1. The van der Waals surface area contributed by atoms with Crippen molar-refractivity contribution in [1.29, 1.82) is 0 Å². The van der Waals surface area contributed by atoms with Gasteiger partial charge in [0.2, 0.25) is 11.8 Å². The summed E-state index contributed by atoms with van der Waals surface area (Å²) in [6, 6.07) is 9.89. The molecule has 1 aromatic carbocycles. The summed E-state index contributed by atoms with van der Waals surface area (Å²) in [6.45, 7) is 3.43. The highest BCUT2D eigenvalue weighted by Gasteiger charge is 2.33. The molecule has 1 atom stereocenters. The number of hydrogen-bond acceptors (Lipinski definition) is 4. The number of benzene rings is 1. The molecule has 0 bridgehead atoms. The smallest absolute Gasteiger partial charge is 0.237 e. The van der Waals surface area contributed by atoms with Crippen LogP contribution in [0.2, 0.25) is 0 Å². The van der Waals surface area contributed by atoms with E-state index in [1.807, 2.05) is 42.3 Å². The molecule has 146 valence electrons. The molecule has 6 nitrogen and oxygen atoms in total. The third-order valence-electron chi connectivity index (χ3n) is 5.39. The van der Waals surface area contributed by atoms with Gasteiger partial charge in [0.25, 0.3) is 0 Å². The number of carbonyl (C=O) groups is 2. The van der Waals surface area contributed by atoms with Crippen LogP contribution in [0.25, 0.3) is 6.08 Å². The molecule has 3 rings (SSSR count). The quantitative estimate of drug-likeness (QED) is 0.824. The van der Waals surface area contributed by atoms with E-state index in [1.165, 1.54) is 0 Å². The Kier molecular flexibility index (Phi) is 7.01. The molecule has 0 unspecified atom stereocenters. The summed E-state index contributed by atoms with van der Waals surface area (Å²) in [7, 11) is 1.85. The van der Waals surface area contributed by atoms with Gasteiger partial charge in [0.1, 0.15) is 0 Å². The van der Waals surface area contributed by atoms with Crippen molar-refractivity contribution in [2.24, 2.45) is 0 Å². The molecular weight excluding hydrogens is 342 g/mol. The first-order chi connectivity index (χ1) is 13.1. The van der Waals surface area contributed by atoms with Crippen LogP contribution in [-0.2, 0) is 14.3 Å². The Morgan fingerprint density at radius 1 is 1.30 bits per heavy atom. The van der Waals surface area contributed by atoms with E-state index in [0.29, 0.717) is 26.3 Å². The van der Waals surface area contributed by atoms with Gasteiger partial charge < -0.3 is 15.0 Å². The van der Waals surface area contributed by atoms with Gasteiger partial charge in [-0.1, -0.05) is 42.5 Å². The zero-order valence-corrected chi connectivity index (χ0v) is 16.0. The lowest BCUT2D eigenvalue weighted by molar-refractivity contribution is -0.140. The third-order valence-corrected chi connectivity index (χ3v) is 5.39. The van der Waals surface area contributed by atoms with Crippen molar-refractivity contribution in [3.05, 3.63) is 42.0 Å². The number of piperazine rings is 1. The van der Waals surface area contributed by atoms with Crippen LogP contribution in [0.1, 0.15) is 24.8 Å². The average Bonchev–Trinajstić information content (AvgIpc) is 2.71. The minimum Gasteiger partial charge on any atom is -0.381 e. The van der Waals surface area contributed by atoms with Crippen LogP contribution in [0.3, 0.4) is 0 Å². The van der Waals surface area contributed by atoms with Crippen LogP contribution in [0.4, 0.5) is 0 Å². The van der Waals surface area contributed by atoms with Crippen molar-refractivity contribution in [3.8, 4) is 0 Å². The number of hydrogen-bond donors (Lipinski definition) is 1. The molecule has 0 aliphatic carbocycles. The van der Waals surface area contributed by atoms with Gasteiger partial charge in [-0.25, -0.2) is 0 Å². The van der Waals surface area contributed by atoms with Crippen LogP contribution in [-0.4, -0.2) is 73.6 Å². The van der Waals surface area contributed by atoms with Gasteiger partial charge in [0, 0.05) is 45.9 Å². The number of nitrogens with one attached hydrogen (secondary N) is 1. The first kappa shape index (κ1) is 19.6. The summed E-state index contributed by atoms with van der Waals surface area (Å²) in [6.07, 6.45) is 6.07. The van der Waals surface area contributed by atoms with Gasteiger partial charge >= 0.3 is 0 Å². The molecular formula is C21H29N3O3. The molecule has 6 heteroatoms. The standard InChI is InChI=1S/C21H29N3O3/c1-23(18-9-14-27-15-10-18)20(25)16-19-21(26)22-11-13-24(19)12-5-8-17-6-3-2-4-7-17/h2-8,18-19H,9-16H2,1H3,(H,22,26)/b8-5+/t19-/m1/s1.